The zero-order valence-electron chi connectivity index (χ0n) is 12.2. The zero-order chi connectivity index (χ0) is 15.2. The van der Waals surface area contributed by atoms with Gasteiger partial charge in [-0.25, -0.2) is 4.39 Å². The molecule has 2 aromatic rings. The molecule has 21 heavy (non-hydrogen) atoms. The van der Waals surface area contributed by atoms with E-state index in [1.165, 1.54) is 17.7 Å². The van der Waals surface area contributed by atoms with E-state index in [2.05, 4.69) is 41.2 Å². The Hall–Kier alpha value is -1.39. The van der Waals surface area contributed by atoms with Crippen molar-refractivity contribution in [1.29, 1.82) is 0 Å². The summed E-state index contributed by atoms with van der Waals surface area (Å²) in [4.78, 5) is 0. The molecule has 4 heteroatoms. The van der Waals surface area contributed by atoms with Crippen molar-refractivity contribution in [1.82, 2.24) is 5.32 Å². The molecule has 0 saturated carbocycles. The summed E-state index contributed by atoms with van der Waals surface area (Å²) in [5.41, 5.74) is 2.29. The summed E-state index contributed by atoms with van der Waals surface area (Å²) >= 11 is 3.37. The molecule has 0 unspecified atom stereocenters. The maximum atomic E-state index is 13.3. The molecule has 0 aliphatic rings. The molecular formula is C17H19BrFNO. The molecule has 0 spiro atoms. The highest BCUT2D eigenvalue weighted by molar-refractivity contribution is 9.10. The van der Waals surface area contributed by atoms with E-state index in [9.17, 15) is 4.39 Å². The molecule has 0 fully saturated rings. The fraction of sp³-hybridized carbons (Fsp3) is 0.294. The van der Waals surface area contributed by atoms with Crippen LogP contribution in [0.4, 0.5) is 4.39 Å². The van der Waals surface area contributed by atoms with Crippen molar-refractivity contribution in [3.8, 4) is 5.75 Å². The highest BCUT2D eigenvalue weighted by atomic mass is 79.9. The van der Waals surface area contributed by atoms with E-state index in [0.717, 1.165) is 16.6 Å². The average Bonchev–Trinajstić information content (AvgIpc) is 2.47. The predicted molar refractivity (Wildman–Crippen MR) is 86.8 cm³/mol. The van der Waals surface area contributed by atoms with Crippen LogP contribution < -0.4 is 10.1 Å². The van der Waals surface area contributed by atoms with Crippen LogP contribution in [0.25, 0.3) is 0 Å². The predicted octanol–water partition coefficient (Wildman–Crippen LogP) is 4.67. The Balaban J connectivity index is 2.07. The number of nitrogens with one attached hydrogen (secondary N) is 1. The first-order valence-corrected chi connectivity index (χ1v) is 7.73. The van der Waals surface area contributed by atoms with Crippen LogP contribution in [0.5, 0.6) is 5.75 Å². The Morgan fingerprint density at radius 1 is 1.14 bits per heavy atom. The fourth-order valence-corrected chi connectivity index (χ4v) is 2.29. The third-order valence-corrected chi connectivity index (χ3v) is 3.75. The van der Waals surface area contributed by atoms with Crippen LogP contribution in [0.1, 0.15) is 25.0 Å². The molecule has 0 aromatic heterocycles. The number of hydrogen-bond acceptors (Lipinski definition) is 2. The number of hydrogen-bond donors (Lipinski definition) is 1. The molecule has 0 aliphatic heterocycles. The number of halogens is 2. The van der Waals surface area contributed by atoms with Gasteiger partial charge in [0.15, 0.2) is 0 Å². The first-order valence-electron chi connectivity index (χ1n) is 6.94. The highest BCUT2D eigenvalue weighted by Gasteiger charge is 2.06. The Bertz CT molecular complexity index is 601. The van der Waals surface area contributed by atoms with Crippen molar-refractivity contribution < 1.29 is 9.13 Å². The molecule has 2 nitrogen and oxygen atoms in total. The summed E-state index contributed by atoms with van der Waals surface area (Å²) in [5.74, 6) is 0.213. The largest absolute Gasteiger partial charge is 0.488 e. The quantitative estimate of drug-likeness (QED) is 0.816. The van der Waals surface area contributed by atoms with E-state index in [4.69, 9.17) is 4.74 Å². The molecule has 0 bridgehead atoms. The molecular weight excluding hydrogens is 333 g/mol. The second kappa shape index (κ2) is 7.57. The van der Waals surface area contributed by atoms with Gasteiger partial charge in [-0.1, -0.05) is 38.1 Å². The summed E-state index contributed by atoms with van der Waals surface area (Å²) < 4.78 is 19.7. The van der Waals surface area contributed by atoms with Crippen molar-refractivity contribution >= 4 is 15.9 Å². The zero-order valence-corrected chi connectivity index (χ0v) is 13.8. The van der Waals surface area contributed by atoms with E-state index in [-0.39, 0.29) is 5.82 Å². The molecule has 2 aromatic carbocycles. The lowest BCUT2D eigenvalue weighted by Crippen LogP contribution is -2.22. The lowest BCUT2D eigenvalue weighted by atomic mass is 10.1. The van der Waals surface area contributed by atoms with Gasteiger partial charge in [-0.3, -0.25) is 0 Å². The minimum absolute atomic E-state index is 0.303. The van der Waals surface area contributed by atoms with Crippen LogP contribution in [0.15, 0.2) is 46.9 Å². The monoisotopic (exact) mass is 351 g/mol. The number of ether oxygens (including phenoxy) is 1. The minimum Gasteiger partial charge on any atom is -0.488 e. The highest BCUT2D eigenvalue weighted by Crippen LogP contribution is 2.26. The number of benzene rings is 2. The van der Waals surface area contributed by atoms with E-state index in [1.807, 2.05) is 18.2 Å². The third-order valence-electron chi connectivity index (χ3n) is 3.10. The van der Waals surface area contributed by atoms with Crippen LogP contribution in [0.2, 0.25) is 0 Å². The van der Waals surface area contributed by atoms with E-state index >= 15 is 0 Å². The van der Waals surface area contributed by atoms with Crippen molar-refractivity contribution in [2.45, 2.75) is 33.0 Å². The molecule has 1 N–H and O–H groups in total. The Morgan fingerprint density at radius 3 is 2.57 bits per heavy atom. The molecule has 0 heterocycles. The minimum atomic E-state index is -0.303. The molecule has 0 radical (unpaired) electrons. The average molecular weight is 352 g/mol. The lowest BCUT2D eigenvalue weighted by molar-refractivity contribution is 0.301. The van der Waals surface area contributed by atoms with Crippen LogP contribution in [0, 0.1) is 5.82 Å². The van der Waals surface area contributed by atoms with Gasteiger partial charge in [-0.2, -0.15) is 0 Å². The van der Waals surface area contributed by atoms with Crippen molar-refractivity contribution in [2.75, 3.05) is 0 Å². The maximum absolute atomic E-state index is 13.3. The van der Waals surface area contributed by atoms with Gasteiger partial charge >= 0.3 is 0 Å². The van der Waals surface area contributed by atoms with Crippen LogP contribution in [-0.2, 0) is 13.2 Å². The first kappa shape index (κ1) is 16.0. The summed E-state index contributed by atoms with van der Waals surface area (Å²) in [6.45, 7) is 5.44. The SMILES string of the molecule is CC(C)NCc1ccccc1COc1cc(F)ccc1Br. The first-order chi connectivity index (χ1) is 10.1. The van der Waals surface area contributed by atoms with Gasteiger partial charge in [0, 0.05) is 18.7 Å². The summed E-state index contributed by atoms with van der Waals surface area (Å²) in [7, 11) is 0. The maximum Gasteiger partial charge on any atom is 0.136 e. The van der Waals surface area contributed by atoms with E-state index in [0.29, 0.717) is 18.4 Å². The topological polar surface area (TPSA) is 21.3 Å². The summed E-state index contributed by atoms with van der Waals surface area (Å²) in [5, 5.41) is 3.40. The molecule has 0 amide bonds. The molecule has 112 valence electrons. The van der Waals surface area contributed by atoms with Gasteiger partial charge in [0.1, 0.15) is 18.2 Å². The lowest BCUT2D eigenvalue weighted by Gasteiger charge is -2.14. The Labute approximate surface area is 133 Å². The standard InChI is InChI=1S/C17H19BrFNO/c1-12(2)20-10-13-5-3-4-6-14(13)11-21-17-9-15(19)7-8-16(17)18/h3-9,12,20H,10-11H2,1-2H3. The summed E-state index contributed by atoms with van der Waals surface area (Å²) in [6, 6.07) is 13.0. The van der Waals surface area contributed by atoms with E-state index in [1.54, 1.807) is 6.07 Å². The van der Waals surface area contributed by atoms with Gasteiger partial charge in [0.25, 0.3) is 0 Å². The molecule has 2 rings (SSSR count). The van der Waals surface area contributed by atoms with Crippen molar-refractivity contribution in [2.24, 2.45) is 0 Å². The number of rotatable bonds is 6. The van der Waals surface area contributed by atoms with Gasteiger partial charge in [-0.15, -0.1) is 0 Å². The third kappa shape index (κ3) is 4.83. The van der Waals surface area contributed by atoms with Gasteiger partial charge in [-0.05, 0) is 39.2 Å². The molecule has 0 atom stereocenters. The van der Waals surface area contributed by atoms with E-state index < -0.39 is 0 Å². The van der Waals surface area contributed by atoms with Crippen LogP contribution in [0.3, 0.4) is 0 Å². The van der Waals surface area contributed by atoms with Crippen LogP contribution in [-0.4, -0.2) is 6.04 Å². The van der Waals surface area contributed by atoms with Gasteiger partial charge in [0.2, 0.25) is 0 Å². The van der Waals surface area contributed by atoms with Gasteiger partial charge in [0.05, 0.1) is 4.47 Å². The fourth-order valence-electron chi connectivity index (χ4n) is 1.93. The second-order valence-corrected chi connectivity index (χ2v) is 6.02. The smallest absolute Gasteiger partial charge is 0.136 e. The summed E-state index contributed by atoms with van der Waals surface area (Å²) in [6.07, 6.45) is 0. The van der Waals surface area contributed by atoms with Gasteiger partial charge < -0.3 is 10.1 Å². The Kier molecular flexibility index (Phi) is 5.76. The van der Waals surface area contributed by atoms with Crippen molar-refractivity contribution in [3.05, 3.63) is 63.9 Å². The van der Waals surface area contributed by atoms with Crippen LogP contribution >= 0.6 is 15.9 Å². The normalized spacial score (nSPS) is 10.9. The molecule has 0 aliphatic carbocycles. The Morgan fingerprint density at radius 2 is 1.86 bits per heavy atom. The second-order valence-electron chi connectivity index (χ2n) is 5.17. The molecule has 0 saturated heterocycles. The van der Waals surface area contributed by atoms with Crippen molar-refractivity contribution in [3.63, 3.8) is 0 Å².